The molecule has 1 atom stereocenters. The molecule has 104 valence electrons. The van der Waals surface area contributed by atoms with E-state index < -0.39 is 10.8 Å². The molecule has 1 heterocycles. The molecule has 1 amide bonds. The normalized spacial score (nSPS) is 17.6. The molecule has 3 N–H and O–H groups in total. The van der Waals surface area contributed by atoms with Crippen LogP contribution < -0.4 is 15.8 Å². The van der Waals surface area contributed by atoms with Crippen LogP contribution >= 0.6 is 12.4 Å². The summed E-state index contributed by atoms with van der Waals surface area (Å²) in [5.41, 5.74) is 5.18. The van der Waals surface area contributed by atoms with Crippen LogP contribution in [0, 0.1) is 10.1 Å². The third kappa shape index (κ3) is 3.55. The zero-order valence-electron chi connectivity index (χ0n) is 10.00. The van der Waals surface area contributed by atoms with Gasteiger partial charge in [-0.25, -0.2) is 0 Å². The van der Waals surface area contributed by atoms with Gasteiger partial charge in [-0.3, -0.25) is 14.9 Å². The van der Waals surface area contributed by atoms with Crippen LogP contribution in [-0.4, -0.2) is 30.0 Å². The molecular weight excluding hydrogens is 274 g/mol. The molecule has 1 fully saturated rings. The summed E-state index contributed by atoms with van der Waals surface area (Å²) in [6.45, 7) is 1.45. The number of nitrogens with two attached hydrogens (primary N) is 1. The number of amides is 1. The van der Waals surface area contributed by atoms with Gasteiger partial charge in [-0.1, -0.05) is 0 Å². The maximum Gasteiger partial charge on any atom is 0.310 e. The first-order valence-electron chi connectivity index (χ1n) is 5.53. The maximum atomic E-state index is 11.1. The molecule has 2 rings (SSSR count). The van der Waals surface area contributed by atoms with E-state index in [1.165, 1.54) is 18.2 Å². The fourth-order valence-electron chi connectivity index (χ4n) is 1.82. The van der Waals surface area contributed by atoms with Gasteiger partial charge in [-0.15, -0.1) is 12.4 Å². The standard InChI is InChI=1S/C11H13N3O4.ClH/c12-11(15)7-1-2-9(14(16)17)10(5-7)18-8-3-4-13-6-8;/h1-2,5,8,13H,3-4,6H2,(H2,12,15);1H. The third-order valence-corrected chi connectivity index (χ3v) is 2.75. The molecule has 1 aromatic rings. The second-order valence-corrected chi connectivity index (χ2v) is 4.04. The fraction of sp³-hybridized carbons (Fsp3) is 0.364. The van der Waals surface area contributed by atoms with Crippen molar-refractivity contribution >= 4 is 24.0 Å². The lowest BCUT2D eigenvalue weighted by Gasteiger charge is -2.12. The van der Waals surface area contributed by atoms with Gasteiger partial charge in [0.25, 0.3) is 0 Å². The molecule has 8 heteroatoms. The van der Waals surface area contributed by atoms with Crippen molar-refractivity contribution in [3.05, 3.63) is 33.9 Å². The van der Waals surface area contributed by atoms with E-state index in [-0.39, 0.29) is 35.5 Å². The molecule has 1 aromatic carbocycles. The Hall–Kier alpha value is -1.86. The molecule has 0 radical (unpaired) electrons. The number of primary amides is 1. The number of nitrogens with one attached hydrogen (secondary N) is 1. The number of rotatable bonds is 4. The second-order valence-electron chi connectivity index (χ2n) is 4.04. The molecule has 0 spiro atoms. The topological polar surface area (TPSA) is 107 Å². The summed E-state index contributed by atoms with van der Waals surface area (Å²) in [5.74, 6) is -0.552. The van der Waals surface area contributed by atoms with Crippen molar-refractivity contribution in [3.63, 3.8) is 0 Å². The highest BCUT2D eigenvalue weighted by molar-refractivity contribution is 5.93. The SMILES string of the molecule is Cl.NC(=O)c1ccc([N+](=O)[O-])c(OC2CCNC2)c1. The average Bonchev–Trinajstić information content (AvgIpc) is 2.81. The summed E-state index contributed by atoms with van der Waals surface area (Å²) in [6, 6.07) is 3.87. The minimum absolute atomic E-state index is 0. The molecular formula is C11H14ClN3O4. The predicted octanol–water partition coefficient (Wildman–Crippen LogP) is 0.856. The van der Waals surface area contributed by atoms with Crippen LogP contribution in [0.15, 0.2) is 18.2 Å². The van der Waals surface area contributed by atoms with Crippen molar-refractivity contribution in [2.24, 2.45) is 5.73 Å². The number of nitrogens with zero attached hydrogens (tertiary/aromatic N) is 1. The number of hydrogen-bond acceptors (Lipinski definition) is 5. The van der Waals surface area contributed by atoms with Crippen molar-refractivity contribution in [2.45, 2.75) is 12.5 Å². The number of carbonyl (C=O) groups excluding carboxylic acids is 1. The summed E-state index contributed by atoms with van der Waals surface area (Å²) in [5, 5.41) is 14.0. The highest BCUT2D eigenvalue weighted by Gasteiger charge is 2.22. The van der Waals surface area contributed by atoms with Gasteiger partial charge in [0.15, 0.2) is 5.75 Å². The molecule has 1 unspecified atom stereocenters. The Balaban J connectivity index is 0.00000180. The van der Waals surface area contributed by atoms with E-state index in [9.17, 15) is 14.9 Å². The number of halogens is 1. The van der Waals surface area contributed by atoms with E-state index in [4.69, 9.17) is 10.5 Å². The van der Waals surface area contributed by atoms with Crippen molar-refractivity contribution in [1.82, 2.24) is 5.32 Å². The van der Waals surface area contributed by atoms with E-state index in [0.29, 0.717) is 6.54 Å². The zero-order valence-corrected chi connectivity index (χ0v) is 10.8. The van der Waals surface area contributed by atoms with Gasteiger partial charge in [0, 0.05) is 24.2 Å². The number of ether oxygens (including phenoxy) is 1. The Kier molecular flexibility index (Phi) is 5.08. The number of carbonyl (C=O) groups is 1. The molecule has 1 saturated heterocycles. The van der Waals surface area contributed by atoms with Crippen molar-refractivity contribution in [3.8, 4) is 5.75 Å². The van der Waals surface area contributed by atoms with Crippen LogP contribution in [0.4, 0.5) is 5.69 Å². The molecule has 19 heavy (non-hydrogen) atoms. The zero-order chi connectivity index (χ0) is 13.1. The molecule has 0 aromatic heterocycles. The average molecular weight is 288 g/mol. The maximum absolute atomic E-state index is 11.1. The minimum atomic E-state index is -0.640. The summed E-state index contributed by atoms with van der Waals surface area (Å²) < 4.78 is 5.55. The highest BCUT2D eigenvalue weighted by Crippen LogP contribution is 2.29. The van der Waals surface area contributed by atoms with Gasteiger partial charge in [-0.2, -0.15) is 0 Å². The minimum Gasteiger partial charge on any atom is -0.482 e. The predicted molar refractivity (Wildman–Crippen MR) is 70.8 cm³/mol. The Bertz CT molecular complexity index is 489. The number of nitro benzene ring substituents is 1. The van der Waals surface area contributed by atoms with Crippen LogP contribution in [0.1, 0.15) is 16.8 Å². The highest BCUT2D eigenvalue weighted by atomic mass is 35.5. The monoisotopic (exact) mass is 287 g/mol. The van der Waals surface area contributed by atoms with E-state index in [1.807, 2.05) is 0 Å². The van der Waals surface area contributed by atoms with Gasteiger partial charge in [0.1, 0.15) is 6.10 Å². The van der Waals surface area contributed by atoms with E-state index >= 15 is 0 Å². The summed E-state index contributed by atoms with van der Waals surface area (Å²) in [4.78, 5) is 21.4. The molecule has 7 nitrogen and oxygen atoms in total. The first kappa shape index (κ1) is 15.2. The number of benzene rings is 1. The van der Waals surface area contributed by atoms with Gasteiger partial charge in [-0.05, 0) is 19.0 Å². The van der Waals surface area contributed by atoms with Crippen LogP contribution in [0.3, 0.4) is 0 Å². The Labute approximate surface area is 115 Å². The summed E-state index contributed by atoms with van der Waals surface area (Å²) in [7, 11) is 0. The van der Waals surface area contributed by atoms with Crippen LogP contribution in [-0.2, 0) is 0 Å². The van der Waals surface area contributed by atoms with E-state index in [2.05, 4.69) is 5.32 Å². The largest absolute Gasteiger partial charge is 0.482 e. The van der Waals surface area contributed by atoms with Gasteiger partial charge >= 0.3 is 5.69 Å². The first-order valence-corrected chi connectivity index (χ1v) is 5.53. The second kappa shape index (κ2) is 6.35. The van der Waals surface area contributed by atoms with E-state index in [0.717, 1.165) is 13.0 Å². The van der Waals surface area contributed by atoms with Crippen LogP contribution in [0.5, 0.6) is 5.75 Å². The lowest BCUT2D eigenvalue weighted by Crippen LogP contribution is -2.20. The molecule has 0 aliphatic carbocycles. The van der Waals surface area contributed by atoms with Gasteiger partial charge in [0.2, 0.25) is 5.91 Å². The Morgan fingerprint density at radius 1 is 1.53 bits per heavy atom. The van der Waals surface area contributed by atoms with Crippen molar-refractivity contribution < 1.29 is 14.5 Å². The van der Waals surface area contributed by atoms with E-state index in [1.54, 1.807) is 0 Å². The van der Waals surface area contributed by atoms with Gasteiger partial charge in [0.05, 0.1) is 4.92 Å². The summed E-state index contributed by atoms with van der Waals surface area (Å²) in [6.07, 6.45) is 0.657. The number of hydrogen-bond donors (Lipinski definition) is 2. The number of nitro groups is 1. The molecule has 1 aliphatic rings. The lowest BCUT2D eigenvalue weighted by atomic mass is 10.2. The summed E-state index contributed by atoms with van der Waals surface area (Å²) >= 11 is 0. The Morgan fingerprint density at radius 2 is 2.26 bits per heavy atom. The molecule has 1 aliphatic heterocycles. The van der Waals surface area contributed by atoms with Crippen LogP contribution in [0.25, 0.3) is 0 Å². The van der Waals surface area contributed by atoms with Gasteiger partial charge < -0.3 is 15.8 Å². The molecule has 0 saturated carbocycles. The first-order chi connectivity index (χ1) is 8.58. The third-order valence-electron chi connectivity index (χ3n) is 2.75. The molecule has 0 bridgehead atoms. The quantitative estimate of drug-likeness (QED) is 0.631. The smallest absolute Gasteiger partial charge is 0.310 e. The lowest BCUT2D eigenvalue weighted by molar-refractivity contribution is -0.386. The fourth-order valence-corrected chi connectivity index (χ4v) is 1.82. The van der Waals surface area contributed by atoms with Crippen molar-refractivity contribution in [1.29, 1.82) is 0 Å². The van der Waals surface area contributed by atoms with Crippen molar-refractivity contribution in [2.75, 3.05) is 13.1 Å². The van der Waals surface area contributed by atoms with Crippen LogP contribution in [0.2, 0.25) is 0 Å². The Morgan fingerprint density at radius 3 is 2.79 bits per heavy atom.